The number of hydrogen-bond acceptors (Lipinski definition) is 3. The predicted octanol–water partition coefficient (Wildman–Crippen LogP) is 5.18. The zero-order valence-corrected chi connectivity index (χ0v) is 19.8. The molecule has 1 aliphatic rings. The van der Waals surface area contributed by atoms with E-state index in [1.54, 1.807) is 29.5 Å². The molecule has 34 heavy (non-hydrogen) atoms. The van der Waals surface area contributed by atoms with Gasteiger partial charge in [0, 0.05) is 40.8 Å². The Hall–Kier alpha value is -3.00. The molecular formula is C25H26ClF2N3O3. The summed E-state index contributed by atoms with van der Waals surface area (Å²) in [6, 6.07) is 5.91. The lowest BCUT2D eigenvalue weighted by molar-refractivity contribution is -0.147. The minimum Gasteiger partial charge on any atom is -0.481 e. The molecule has 3 aromatic rings. The number of benzene rings is 1. The first-order valence-corrected chi connectivity index (χ1v) is 11.6. The van der Waals surface area contributed by atoms with Crippen molar-refractivity contribution in [2.45, 2.75) is 52.6 Å². The average molecular weight is 490 g/mol. The zero-order chi connectivity index (χ0) is 24.6. The smallest absolute Gasteiger partial charge is 0.309 e. The first-order chi connectivity index (χ1) is 16.1. The van der Waals surface area contributed by atoms with Crippen LogP contribution in [-0.2, 0) is 29.1 Å². The van der Waals surface area contributed by atoms with Crippen molar-refractivity contribution >= 4 is 34.5 Å². The van der Waals surface area contributed by atoms with Crippen LogP contribution in [0.15, 0.2) is 30.5 Å². The molecule has 1 aromatic carbocycles. The van der Waals surface area contributed by atoms with E-state index in [1.807, 2.05) is 12.1 Å². The maximum Gasteiger partial charge on any atom is 0.309 e. The van der Waals surface area contributed by atoms with E-state index in [4.69, 9.17) is 11.6 Å². The molecule has 2 aromatic heterocycles. The molecule has 6 nitrogen and oxygen atoms in total. The molecule has 0 atom stereocenters. The van der Waals surface area contributed by atoms with Gasteiger partial charge in [-0.05, 0) is 62.9 Å². The van der Waals surface area contributed by atoms with Crippen LogP contribution in [0.1, 0.15) is 49.9 Å². The van der Waals surface area contributed by atoms with Gasteiger partial charge in [-0.2, -0.15) is 0 Å². The van der Waals surface area contributed by atoms with E-state index in [0.717, 1.165) is 28.8 Å². The van der Waals surface area contributed by atoms with E-state index < -0.39 is 23.0 Å². The predicted molar refractivity (Wildman–Crippen MR) is 125 cm³/mol. The van der Waals surface area contributed by atoms with Gasteiger partial charge in [0.05, 0.1) is 18.5 Å². The number of amides is 1. The number of hydrogen-bond donors (Lipinski definition) is 1. The highest BCUT2D eigenvalue weighted by atomic mass is 35.5. The van der Waals surface area contributed by atoms with Crippen LogP contribution >= 0.6 is 11.6 Å². The standard InChI is InChI=1S/C25H26ClF2N3O3/c1-25(2,24(33)34)8-3-6-22(32)30-10-7-16-17-5-4-9-29-23(17)31(21(16)14-30)13-18-19(27)11-15(26)12-20(18)28/h4-5,9,11-12H,3,6-8,10,13-14H2,1-2H3,(H,33,34). The number of aliphatic carboxylic acids is 1. The quantitative estimate of drug-likeness (QED) is 0.496. The third-order valence-electron chi connectivity index (χ3n) is 6.56. The fraction of sp³-hybridized carbons (Fsp3) is 0.400. The summed E-state index contributed by atoms with van der Waals surface area (Å²) < 4.78 is 30.9. The SMILES string of the molecule is CC(C)(CCCC(=O)N1CCc2c(n(Cc3c(F)cc(Cl)cc3F)c3ncccc23)C1)C(=O)O. The highest BCUT2D eigenvalue weighted by molar-refractivity contribution is 6.30. The largest absolute Gasteiger partial charge is 0.481 e. The van der Waals surface area contributed by atoms with E-state index in [2.05, 4.69) is 4.98 Å². The average Bonchev–Trinajstić information content (AvgIpc) is 3.08. The van der Waals surface area contributed by atoms with Crippen molar-refractivity contribution in [1.82, 2.24) is 14.5 Å². The first kappa shape index (κ1) is 24.1. The summed E-state index contributed by atoms with van der Waals surface area (Å²) in [4.78, 5) is 30.4. The number of carboxylic acids is 1. The molecule has 0 spiro atoms. The number of fused-ring (bicyclic) bond motifs is 3. The Morgan fingerprint density at radius 2 is 1.94 bits per heavy atom. The van der Waals surface area contributed by atoms with Gasteiger partial charge in [-0.15, -0.1) is 0 Å². The summed E-state index contributed by atoms with van der Waals surface area (Å²) >= 11 is 5.78. The van der Waals surface area contributed by atoms with Gasteiger partial charge < -0.3 is 14.6 Å². The van der Waals surface area contributed by atoms with Gasteiger partial charge in [0.15, 0.2) is 0 Å². The molecule has 0 fully saturated rings. The molecule has 0 unspecified atom stereocenters. The summed E-state index contributed by atoms with van der Waals surface area (Å²) in [6.45, 7) is 4.03. The van der Waals surface area contributed by atoms with Crippen molar-refractivity contribution in [3.05, 3.63) is 63.9 Å². The van der Waals surface area contributed by atoms with E-state index in [-0.39, 0.29) is 29.5 Å². The number of aromatic nitrogens is 2. The molecular weight excluding hydrogens is 464 g/mol. The van der Waals surface area contributed by atoms with Gasteiger partial charge in [0.25, 0.3) is 0 Å². The van der Waals surface area contributed by atoms with Crippen LogP contribution in [0.25, 0.3) is 11.0 Å². The van der Waals surface area contributed by atoms with Crippen molar-refractivity contribution < 1.29 is 23.5 Å². The zero-order valence-electron chi connectivity index (χ0n) is 19.1. The topological polar surface area (TPSA) is 75.4 Å². The van der Waals surface area contributed by atoms with E-state index >= 15 is 0 Å². The highest BCUT2D eigenvalue weighted by Gasteiger charge is 2.30. The second kappa shape index (κ2) is 9.33. The number of carbonyl (C=O) groups is 2. The summed E-state index contributed by atoms with van der Waals surface area (Å²) in [7, 11) is 0. The molecule has 0 saturated heterocycles. The van der Waals surface area contributed by atoms with Crippen molar-refractivity contribution in [2.75, 3.05) is 6.54 Å². The minimum atomic E-state index is -0.889. The Morgan fingerprint density at radius 1 is 1.24 bits per heavy atom. The molecule has 0 aliphatic carbocycles. The molecule has 0 radical (unpaired) electrons. The first-order valence-electron chi connectivity index (χ1n) is 11.2. The van der Waals surface area contributed by atoms with Crippen LogP contribution in [0.5, 0.6) is 0 Å². The van der Waals surface area contributed by atoms with E-state index in [1.165, 1.54) is 0 Å². The maximum atomic E-state index is 14.6. The molecule has 3 heterocycles. The second-order valence-corrected chi connectivity index (χ2v) is 9.78. The lowest BCUT2D eigenvalue weighted by atomic mass is 9.87. The van der Waals surface area contributed by atoms with Gasteiger partial charge in [-0.1, -0.05) is 11.6 Å². The number of rotatable bonds is 7. The lowest BCUT2D eigenvalue weighted by Gasteiger charge is -2.29. The van der Waals surface area contributed by atoms with Gasteiger partial charge in [0.2, 0.25) is 5.91 Å². The molecule has 1 N–H and O–H groups in total. The van der Waals surface area contributed by atoms with Crippen molar-refractivity contribution in [3.8, 4) is 0 Å². The molecule has 4 rings (SSSR count). The Bertz CT molecular complexity index is 1250. The third kappa shape index (κ3) is 4.64. The summed E-state index contributed by atoms with van der Waals surface area (Å²) in [5.74, 6) is -2.43. The second-order valence-electron chi connectivity index (χ2n) is 9.34. The molecule has 180 valence electrons. The number of carbonyl (C=O) groups excluding carboxylic acids is 1. The third-order valence-corrected chi connectivity index (χ3v) is 6.78. The fourth-order valence-corrected chi connectivity index (χ4v) is 4.66. The summed E-state index contributed by atoms with van der Waals surface area (Å²) in [6.07, 6.45) is 3.33. The minimum absolute atomic E-state index is 0.0147. The Labute approximate surface area is 201 Å². The molecule has 1 amide bonds. The van der Waals surface area contributed by atoms with Crippen molar-refractivity contribution in [3.63, 3.8) is 0 Å². The normalized spacial score (nSPS) is 13.9. The Kier molecular flexibility index (Phi) is 6.62. The van der Waals surface area contributed by atoms with Crippen LogP contribution in [0.3, 0.4) is 0 Å². The summed E-state index contributed by atoms with van der Waals surface area (Å²) in [5, 5.41) is 10.2. The van der Waals surface area contributed by atoms with Gasteiger partial charge in [0.1, 0.15) is 17.3 Å². The van der Waals surface area contributed by atoms with Crippen LogP contribution < -0.4 is 0 Å². The summed E-state index contributed by atoms with van der Waals surface area (Å²) in [5.41, 5.74) is 1.43. The molecule has 0 saturated carbocycles. The molecule has 9 heteroatoms. The Balaban J connectivity index is 1.60. The van der Waals surface area contributed by atoms with Crippen LogP contribution in [-0.4, -0.2) is 38.0 Å². The van der Waals surface area contributed by atoms with Gasteiger partial charge >= 0.3 is 5.97 Å². The fourth-order valence-electron chi connectivity index (χ4n) is 4.47. The number of halogens is 3. The molecule has 0 bridgehead atoms. The lowest BCUT2D eigenvalue weighted by Crippen LogP contribution is -2.37. The van der Waals surface area contributed by atoms with Crippen LogP contribution in [0.4, 0.5) is 8.78 Å². The van der Waals surface area contributed by atoms with Crippen LogP contribution in [0.2, 0.25) is 5.02 Å². The number of pyridine rings is 1. The van der Waals surface area contributed by atoms with Gasteiger partial charge in [-0.3, -0.25) is 9.59 Å². The monoisotopic (exact) mass is 489 g/mol. The Morgan fingerprint density at radius 3 is 2.62 bits per heavy atom. The number of carboxylic acid groups (broad SMARTS) is 1. The van der Waals surface area contributed by atoms with Gasteiger partial charge in [-0.25, -0.2) is 13.8 Å². The van der Waals surface area contributed by atoms with E-state index in [0.29, 0.717) is 38.0 Å². The van der Waals surface area contributed by atoms with Crippen molar-refractivity contribution in [2.24, 2.45) is 5.41 Å². The number of nitrogens with zero attached hydrogens (tertiary/aromatic N) is 3. The maximum absolute atomic E-state index is 14.6. The van der Waals surface area contributed by atoms with E-state index in [9.17, 15) is 23.5 Å². The van der Waals surface area contributed by atoms with Crippen LogP contribution in [0, 0.1) is 17.0 Å². The van der Waals surface area contributed by atoms with Crippen molar-refractivity contribution in [1.29, 1.82) is 0 Å². The highest BCUT2D eigenvalue weighted by Crippen LogP contribution is 2.32. The molecule has 1 aliphatic heterocycles.